The Labute approximate surface area is 166 Å². The summed E-state index contributed by atoms with van der Waals surface area (Å²) in [4.78, 5) is 12.1. The Hall–Kier alpha value is -1.18. The van der Waals surface area contributed by atoms with Crippen LogP contribution in [0.2, 0.25) is 0 Å². The maximum absolute atomic E-state index is 12.1. The van der Waals surface area contributed by atoms with Crippen LogP contribution in [0, 0.1) is 0 Å². The van der Waals surface area contributed by atoms with Crippen LogP contribution in [0.1, 0.15) is 25.4 Å². The number of nitrogens with one attached hydrogen (secondary N) is 1. The van der Waals surface area contributed by atoms with E-state index in [4.69, 9.17) is 0 Å². The van der Waals surface area contributed by atoms with Crippen molar-refractivity contribution in [2.45, 2.75) is 24.6 Å². The molecule has 2 aromatic rings. The minimum atomic E-state index is -4.43. The molecule has 2 atom stereocenters. The fourth-order valence-electron chi connectivity index (χ4n) is 2.38. The fraction of sp³-hybridized carbons (Fsp3) is 0.235. The first kappa shape index (κ1) is 20.9. The minimum Gasteiger partial charge on any atom is -1.00 e. The van der Waals surface area contributed by atoms with E-state index in [1.165, 1.54) is 0 Å². The van der Waals surface area contributed by atoms with Crippen LogP contribution in [0.3, 0.4) is 0 Å². The van der Waals surface area contributed by atoms with Crippen molar-refractivity contribution >= 4 is 16.0 Å². The Morgan fingerprint density at radius 3 is 2.08 bits per heavy atom. The molecule has 1 amide bonds. The molecule has 0 radical (unpaired) electrons. The molecule has 7 heteroatoms. The van der Waals surface area contributed by atoms with Gasteiger partial charge in [0, 0.05) is 5.92 Å². The van der Waals surface area contributed by atoms with Crippen LogP contribution in [0.25, 0.3) is 0 Å². The number of rotatable bonds is 6. The zero-order valence-corrected chi connectivity index (χ0v) is 16.5. The van der Waals surface area contributed by atoms with Gasteiger partial charge in [-0.2, -0.15) is 8.42 Å². The van der Waals surface area contributed by atoms with Gasteiger partial charge in [-0.25, -0.2) is 0 Å². The second-order valence-corrected chi connectivity index (χ2v) is 6.90. The average molecular weight is 357 g/mol. The third kappa shape index (κ3) is 6.03. The van der Waals surface area contributed by atoms with Crippen molar-refractivity contribution in [1.82, 2.24) is 5.32 Å². The van der Waals surface area contributed by atoms with Crippen LogP contribution in [0.4, 0.5) is 0 Å². The molecule has 0 heterocycles. The fourth-order valence-corrected chi connectivity index (χ4v) is 3.33. The van der Waals surface area contributed by atoms with Crippen molar-refractivity contribution in [1.29, 1.82) is 0 Å². The zero-order valence-electron chi connectivity index (χ0n) is 14.7. The van der Waals surface area contributed by atoms with Crippen molar-refractivity contribution in [3.8, 4) is 0 Å². The zero-order chi connectivity index (χ0) is 16.9. The number of hydrogen-bond acceptors (Lipinski definition) is 3. The molecule has 2 rings (SSSR count). The number of carbonyl (C=O) groups excluding carboxylic acids is 1. The van der Waals surface area contributed by atoms with Crippen LogP contribution in [-0.2, 0) is 21.3 Å². The molecule has 2 N–H and O–H groups in total. The summed E-state index contributed by atoms with van der Waals surface area (Å²) < 4.78 is 32.8. The van der Waals surface area contributed by atoms with Crippen LogP contribution in [-0.4, -0.2) is 24.3 Å². The summed E-state index contributed by atoms with van der Waals surface area (Å²) in [6, 6.07) is 17.9. The van der Waals surface area contributed by atoms with Gasteiger partial charge in [0.2, 0.25) is 5.91 Å². The van der Waals surface area contributed by atoms with Gasteiger partial charge in [0.25, 0.3) is 10.1 Å². The molecule has 124 valence electrons. The van der Waals surface area contributed by atoms with Crippen molar-refractivity contribution in [2.75, 3.05) is 0 Å². The standard InChI is InChI=1S/C17H19NO4S.Na.H/c1-13(15-10-6-3-7-11-15)17(23(20,21)22)18-16(19)12-14-8-4-2-5-9-14;;/h2-11,13,17H,12H2,1H3,(H,18,19)(H,20,21,22);;/q;+1;-1. The number of hydrogen-bond donors (Lipinski definition) is 2. The molecule has 0 aromatic heterocycles. The van der Waals surface area contributed by atoms with Crippen molar-refractivity contribution in [3.63, 3.8) is 0 Å². The smallest absolute Gasteiger partial charge is 1.00 e. The van der Waals surface area contributed by atoms with Gasteiger partial charge in [-0.05, 0) is 11.1 Å². The van der Waals surface area contributed by atoms with E-state index in [0.717, 1.165) is 11.1 Å². The Balaban J connectivity index is 0.00000288. The second kappa shape index (κ2) is 9.34. The topological polar surface area (TPSA) is 83.5 Å². The number of amides is 1. The maximum atomic E-state index is 12.1. The monoisotopic (exact) mass is 357 g/mol. The normalized spacial score (nSPS) is 13.4. The molecule has 0 aliphatic heterocycles. The summed E-state index contributed by atoms with van der Waals surface area (Å²) in [6.45, 7) is 1.65. The third-order valence-electron chi connectivity index (χ3n) is 3.61. The molecule has 0 bridgehead atoms. The predicted octanol–water partition coefficient (Wildman–Crippen LogP) is -0.521. The van der Waals surface area contributed by atoms with E-state index >= 15 is 0 Å². The Morgan fingerprint density at radius 1 is 1.08 bits per heavy atom. The van der Waals surface area contributed by atoms with E-state index in [1.807, 2.05) is 12.1 Å². The number of carbonyl (C=O) groups is 1. The molecule has 0 aliphatic rings. The minimum absolute atomic E-state index is 0. The van der Waals surface area contributed by atoms with Gasteiger partial charge in [0.15, 0.2) is 5.37 Å². The molecule has 0 spiro atoms. The molecule has 0 saturated carbocycles. The van der Waals surface area contributed by atoms with Crippen molar-refractivity contribution in [3.05, 3.63) is 71.8 Å². The SMILES string of the molecule is CC(c1ccccc1)C(NC(=O)Cc1ccccc1)S(=O)(=O)O.[H-].[Na+]. The first-order valence-electron chi connectivity index (χ1n) is 7.22. The van der Waals surface area contributed by atoms with Crippen molar-refractivity contribution < 1.29 is 48.7 Å². The Bertz CT molecular complexity index is 757. The second-order valence-electron chi connectivity index (χ2n) is 5.36. The van der Waals surface area contributed by atoms with E-state index in [-0.39, 0.29) is 37.4 Å². The van der Waals surface area contributed by atoms with Gasteiger partial charge in [-0.3, -0.25) is 9.35 Å². The maximum Gasteiger partial charge on any atom is 1.00 e. The largest absolute Gasteiger partial charge is 1.00 e. The number of benzene rings is 2. The van der Waals surface area contributed by atoms with E-state index in [2.05, 4.69) is 5.32 Å². The van der Waals surface area contributed by atoms with Crippen LogP contribution in [0.5, 0.6) is 0 Å². The molecule has 24 heavy (non-hydrogen) atoms. The summed E-state index contributed by atoms with van der Waals surface area (Å²) in [5.74, 6) is -1.03. The molecule has 0 aliphatic carbocycles. The summed E-state index contributed by atoms with van der Waals surface area (Å²) in [6.07, 6.45) is 0.0500. The molecule has 2 aromatic carbocycles. The molecule has 5 nitrogen and oxygen atoms in total. The van der Waals surface area contributed by atoms with Gasteiger partial charge in [-0.15, -0.1) is 0 Å². The van der Waals surface area contributed by atoms with E-state index in [9.17, 15) is 17.8 Å². The van der Waals surface area contributed by atoms with Gasteiger partial charge in [-0.1, -0.05) is 67.6 Å². The molecule has 0 fully saturated rings. The Morgan fingerprint density at radius 2 is 1.58 bits per heavy atom. The summed E-state index contributed by atoms with van der Waals surface area (Å²) in [5.41, 5.74) is 1.49. The van der Waals surface area contributed by atoms with Crippen LogP contribution >= 0.6 is 0 Å². The van der Waals surface area contributed by atoms with E-state index < -0.39 is 27.3 Å². The summed E-state index contributed by atoms with van der Waals surface area (Å²) >= 11 is 0. The third-order valence-corrected chi connectivity index (χ3v) is 4.78. The first-order chi connectivity index (χ1) is 10.9. The Kier molecular flexibility index (Phi) is 8.12. The van der Waals surface area contributed by atoms with E-state index in [0.29, 0.717) is 0 Å². The summed E-state index contributed by atoms with van der Waals surface area (Å²) in [5, 5.41) is 1.04. The molecular formula is C17H20NNaO4S. The molecular weight excluding hydrogens is 337 g/mol. The average Bonchev–Trinajstić information content (AvgIpc) is 2.53. The first-order valence-corrected chi connectivity index (χ1v) is 8.73. The van der Waals surface area contributed by atoms with Gasteiger partial charge >= 0.3 is 29.6 Å². The summed E-state index contributed by atoms with van der Waals surface area (Å²) in [7, 11) is -4.43. The van der Waals surface area contributed by atoms with Crippen molar-refractivity contribution in [2.24, 2.45) is 0 Å². The molecule has 0 saturated heterocycles. The van der Waals surface area contributed by atoms with Gasteiger partial charge < -0.3 is 6.74 Å². The quantitative estimate of drug-likeness (QED) is 0.538. The molecule has 2 unspecified atom stereocenters. The van der Waals surface area contributed by atoms with Crippen LogP contribution in [0.15, 0.2) is 60.7 Å². The van der Waals surface area contributed by atoms with Gasteiger partial charge in [0.1, 0.15) is 0 Å². The van der Waals surface area contributed by atoms with E-state index in [1.54, 1.807) is 55.5 Å². The van der Waals surface area contributed by atoms with Crippen LogP contribution < -0.4 is 34.9 Å². The van der Waals surface area contributed by atoms with Gasteiger partial charge in [0.05, 0.1) is 6.42 Å². The predicted molar refractivity (Wildman–Crippen MR) is 89.6 cm³/mol.